The van der Waals surface area contributed by atoms with E-state index in [9.17, 15) is 14.0 Å². The number of nitrogens with one attached hydrogen (secondary N) is 1. The predicted octanol–water partition coefficient (Wildman–Crippen LogP) is 4.85. The van der Waals surface area contributed by atoms with Crippen LogP contribution in [0.5, 0.6) is 5.75 Å². The van der Waals surface area contributed by atoms with Gasteiger partial charge in [-0.25, -0.2) is 4.39 Å². The van der Waals surface area contributed by atoms with Gasteiger partial charge in [-0.05, 0) is 65.7 Å². The van der Waals surface area contributed by atoms with Crippen LogP contribution in [-0.4, -0.2) is 11.9 Å². The Bertz CT molecular complexity index is 952. The topological polar surface area (TPSA) is 55.4 Å². The molecule has 6 heteroatoms. The number of rotatable bonds is 5. The van der Waals surface area contributed by atoms with Crippen LogP contribution in [0.1, 0.15) is 27.6 Å². The smallest absolute Gasteiger partial charge is 0.314 e. The van der Waals surface area contributed by atoms with E-state index in [-0.39, 0.29) is 29.5 Å². The Kier molecular flexibility index (Phi) is 4.73. The van der Waals surface area contributed by atoms with Crippen molar-refractivity contribution < 1.29 is 18.7 Å². The molecule has 3 aromatic rings. The average molecular weight is 381 g/mol. The lowest BCUT2D eigenvalue weighted by molar-refractivity contribution is -0.135. The Balaban J connectivity index is 1.33. The third kappa shape index (κ3) is 4.06. The highest BCUT2D eigenvalue weighted by atomic mass is 32.1. The van der Waals surface area contributed by atoms with E-state index < -0.39 is 0 Å². The Morgan fingerprint density at radius 3 is 2.44 bits per heavy atom. The van der Waals surface area contributed by atoms with E-state index in [1.54, 1.807) is 42.5 Å². The second-order valence-corrected chi connectivity index (χ2v) is 7.32. The number of benzene rings is 2. The van der Waals surface area contributed by atoms with Gasteiger partial charge in [0.15, 0.2) is 0 Å². The van der Waals surface area contributed by atoms with Gasteiger partial charge in [0, 0.05) is 5.69 Å². The molecule has 1 aliphatic carbocycles. The molecule has 0 bridgehead atoms. The number of anilines is 1. The van der Waals surface area contributed by atoms with Gasteiger partial charge in [0.05, 0.1) is 10.8 Å². The Morgan fingerprint density at radius 2 is 1.78 bits per heavy atom. The van der Waals surface area contributed by atoms with Crippen LogP contribution in [0.2, 0.25) is 0 Å². The minimum absolute atomic E-state index is 0.0856. The number of ether oxygens (including phenoxy) is 1. The zero-order valence-corrected chi connectivity index (χ0v) is 15.0. The second kappa shape index (κ2) is 7.32. The number of hydrogen-bond acceptors (Lipinski definition) is 4. The van der Waals surface area contributed by atoms with Gasteiger partial charge < -0.3 is 10.1 Å². The first-order valence-corrected chi connectivity index (χ1v) is 9.40. The first-order valence-electron chi connectivity index (χ1n) is 8.52. The molecule has 27 heavy (non-hydrogen) atoms. The van der Waals surface area contributed by atoms with Crippen LogP contribution in [0.3, 0.4) is 0 Å². The molecule has 1 fully saturated rings. The highest BCUT2D eigenvalue weighted by Gasteiger charge is 2.45. The largest absolute Gasteiger partial charge is 0.426 e. The molecule has 4 nitrogen and oxygen atoms in total. The summed E-state index contributed by atoms with van der Waals surface area (Å²) in [5, 5.41) is 4.64. The molecule has 1 aromatic heterocycles. The molecule has 2 unspecified atom stereocenters. The van der Waals surface area contributed by atoms with Gasteiger partial charge in [-0.1, -0.05) is 18.2 Å². The summed E-state index contributed by atoms with van der Waals surface area (Å²) in [6.45, 7) is 0. The maximum absolute atomic E-state index is 13.0. The van der Waals surface area contributed by atoms with Crippen LogP contribution in [0.25, 0.3) is 0 Å². The summed E-state index contributed by atoms with van der Waals surface area (Å²) in [4.78, 5) is 24.9. The summed E-state index contributed by atoms with van der Waals surface area (Å²) in [7, 11) is 0. The van der Waals surface area contributed by atoms with Gasteiger partial charge in [0.25, 0.3) is 5.91 Å². The standard InChI is InChI=1S/C21H16FNO3S/c22-14-5-3-13(4-6-14)17-12-18(17)21(25)26-16-9-7-15(8-10-16)23-20(24)19-2-1-11-27-19/h1-11,17-18H,12H2,(H,23,24). The summed E-state index contributed by atoms with van der Waals surface area (Å²) in [5.41, 5.74) is 1.58. The normalized spacial score (nSPS) is 18.0. The molecular formula is C21H16FNO3S. The van der Waals surface area contributed by atoms with Crippen molar-refractivity contribution in [3.63, 3.8) is 0 Å². The van der Waals surface area contributed by atoms with Crippen LogP contribution in [0.15, 0.2) is 66.0 Å². The summed E-state index contributed by atoms with van der Waals surface area (Å²) in [6.07, 6.45) is 0.708. The van der Waals surface area contributed by atoms with E-state index in [1.165, 1.54) is 23.5 Å². The molecule has 2 aromatic carbocycles. The van der Waals surface area contributed by atoms with Gasteiger partial charge in [-0.3, -0.25) is 9.59 Å². The van der Waals surface area contributed by atoms with E-state index in [4.69, 9.17) is 4.74 Å². The number of halogens is 1. The molecule has 1 heterocycles. The average Bonchev–Trinajstić information content (AvgIpc) is 3.28. The number of esters is 1. The van der Waals surface area contributed by atoms with Gasteiger partial charge in [0.1, 0.15) is 11.6 Å². The van der Waals surface area contributed by atoms with Crippen LogP contribution in [0.4, 0.5) is 10.1 Å². The number of amides is 1. The maximum Gasteiger partial charge on any atom is 0.314 e. The SMILES string of the molecule is O=C(Nc1ccc(OC(=O)C2CC2c2ccc(F)cc2)cc1)c1cccs1. The number of carbonyl (C=O) groups is 2. The van der Waals surface area contributed by atoms with E-state index >= 15 is 0 Å². The molecule has 0 radical (unpaired) electrons. The number of thiophene rings is 1. The van der Waals surface area contributed by atoms with Crippen LogP contribution >= 0.6 is 11.3 Å². The predicted molar refractivity (Wildman–Crippen MR) is 102 cm³/mol. The van der Waals surface area contributed by atoms with Crippen molar-refractivity contribution >= 4 is 28.9 Å². The first kappa shape index (κ1) is 17.4. The monoisotopic (exact) mass is 381 g/mol. The minimum Gasteiger partial charge on any atom is -0.426 e. The van der Waals surface area contributed by atoms with E-state index in [0.29, 0.717) is 22.7 Å². The molecule has 0 aliphatic heterocycles. The lowest BCUT2D eigenvalue weighted by Gasteiger charge is -2.07. The van der Waals surface area contributed by atoms with Crippen molar-refractivity contribution in [1.29, 1.82) is 0 Å². The maximum atomic E-state index is 13.0. The minimum atomic E-state index is -0.292. The van der Waals surface area contributed by atoms with E-state index in [1.807, 2.05) is 11.4 Å². The summed E-state index contributed by atoms with van der Waals surface area (Å²) >= 11 is 1.37. The van der Waals surface area contributed by atoms with Crippen molar-refractivity contribution in [2.24, 2.45) is 5.92 Å². The Labute approximate surface area is 159 Å². The Hall–Kier alpha value is -2.99. The third-order valence-corrected chi connectivity index (χ3v) is 5.34. The van der Waals surface area contributed by atoms with Gasteiger partial charge >= 0.3 is 5.97 Å². The number of carbonyl (C=O) groups excluding carboxylic acids is 2. The lowest BCUT2D eigenvalue weighted by Crippen LogP contribution is -2.12. The van der Waals surface area contributed by atoms with Crippen molar-refractivity contribution in [2.75, 3.05) is 5.32 Å². The van der Waals surface area contributed by atoms with Gasteiger partial charge in [-0.2, -0.15) is 0 Å². The fourth-order valence-electron chi connectivity index (χ4n) is 2.93. The molecule has 1 amide bonds. The molecule has 0 saturated heterocycles. The van der Waals surface area contributed by atoms with E-state index in [2.05, 4.69) is 5.32 Å². The van der Waals surface area contributed by atoms with Gasteiger partial charge in [-0.15, -0.1) is 11.3 Å². The molecule has 136 valence electrons. The van der Waals surface area contributed by atoms with Crippen molar-refractivity contribution in [3.8, 4) is 5.75 Å². The van der Waals surface area contributed by atoms with Crippen LogP contribution in [0, 0.1) is 11.7 Å². The fraction of sp³-hybridized carbons (Fsp3) is 0.143. The van der Waals surface area contributed by atoms with E-state index in [0.717, 1.165) is 5.56 Å². The summed E-state index contributed by atoms with van der Waals surface area (Å²) in [6, 6.07) is 16.5. The molecule has 1 saturated carbocycles. The molecule has 2 atom stereocenters. The van der Waals surface area contributed by atoms with Crippen LogP contribution in [-0.2, 0) is 4.79 Å². The van der Waals surface area contributed by atoms with Gasteiger partial charge in [0.2, 0.25) is 0 Å². The molecule has 1 N–H and O–H groups in total. The molecule has 4 rings (SSSR count). The first-order chi connectivity index (χ1) is 13.1. The third-order valence-electron chi connectivity index (χ3n) is 4.47. The molecule has 0 spiro atoms. The quantitative estimate of drug-likeness (QED) is 0.508. The molecular weight excluding hydrogens is 365 g/mol. The summed E-state index contributed by atoms with van der Waals surface area (Å²) in [5.74, 6) is -0.436. The number of hydrogen-bond donors (Lipinski definition) is 1. The van der Waals surface area contributed by atoms with Crippen LogP contribution < -0.4 is 10.1 Å². The summed E-state index contributed by atoms with van der Waals surface area (Å²) < 4.78 is 18.4. The highest BCUT2D eigenvalue weighted by Crippen LogP contribution is 2.48. The fourth-order valence-corrected chi connectivity index (χ4v) is 3.55. The molecule has 1 aliphatic rings. The Morgan fingerprint density at radius 1 is 1.04 bits per heavy atom. The zero-order chi connectivity index (χ0) is 18.8. The zero-order valence-electron chi connectivity index (χ0n) is 14.2. The highest BCUT2D eigenvalue weighted by molar-refractivity contribution is 7.12. The van der Waals surface area contributed by atoms with Crippen molar-refractivity contribution in [1.82, 2.24) is 0 Å². The van der Waals surface area contributed by atoms with Crippen molar-refractivity contribution in [2.45, 2.75) is 12.3 Å². The van der Waals surface area contributed by atoms with Crippen molar-refractivity contribution in [3.05, 3.63) is 82.3 Å². The second-order valence-electron chi connectivity index (χ2n) is 6.38. The lowest BCUT2D eigenvalue weighted by atomic mass is 10.1.